The molecule has 2 nitrogen and oxygen atoms in total. The summed E-state index contributed by atoms with van der Waals surface area (Å²) in [6.07, 6.45) is 2.42. The third kappa shape index (κ3) is 1.25. The Hall–Kier alpha value is -0.550. The average Bonchev–Trinajstić information content (AvgIpc) is 1.86. The number of aliphatic hydroxyl groups is 1. The molecule has 1 rings (SSSR count). The van der Waals surface area contributed by atoms with Gasteiger partial charge in [0.05, 0.1) is 17.6 Å². The molecule has 0 aromatic heterocycles. The summed E-state index contributed by atoms with van der Waals surface area (Å²) in [4.78, 5) is 0. The second-order valence-electron chi connectivity index (χ2n) is 3.81. The molecule has 0 amide bonds. The largest absolute Gasteiger partial charge is 0.391 e. The van der Waals surface area contributed by atoms with E-state index in [9.17, 15) is 5.11 Å². The minimum atomic E-state index is -0.429. The first-order valence-electron chi connectivity index (χ1n) is 4.22. The molecule has 1 saturated carbocycles. The molecule has 2 heteroatoms. The van der Waals surface area contributed by atoms with Gasteiger partial charge >= 0.3 is 0 Å². The third-order valence-corrected chi connectivity index (χ3v) is 2.67. The lowest BCUT2D eigenvalue weighted by atomic mass is 9.64. The van der Waals surface area contributed by atoms with Crippen molar-refractivity contribution in [3.8, 4) is 6.07 Å². The standard InChI is InChI=1S/C9H15NO/c1-7(2)8(11)9(6-10)4-3-5-9/h7-8,11H,3-5H2,1-2H3. The van der Waals surface area contributed by atoms with Gasteiger partial charge in [-0.15, -0.1) is 0 Å². The van der Waals surface area contributed by atoms with Gasteiger partial charge in [0.1, 0.15) is 0 Å². The molecule has 0 radical (unpaired) electrons. The van der Waals surface area contributed by atoms with Crippen LogP contribution in [0.25, 0.3) is 0 Å². The zero-order chi connectivity index (χ0) is 8.48. The molecule has 0 aromatic rings. The Morgan fingerprint density at radius 2 is 2.00 bits per heavy atom. The maximum absolute atomic E-state index is 9.67. The molecule has 1 fully saturated rings. The molecule has 0 spiro atoms. The number of nitriles is 1. The predicted octanol–water partition coefficient (Wildman–Crippen LogP) is 1.70. The Balaban J connectivity index is 2.64. The van der Waals surface area contributed by atoms with E-state index in [0.717, 1.165) is 19.3 Å². The van der Waals surface area contributed by atoms with E-state index in [-0.39, 0.29) is 5.92 Å². The molecule has 0 bridgehead atoms. The summed E-state index contributed by atoms with van der Waals surface area (Å²) in [6, 6.07) is 2.25. The monoisotopic (exact) mass is 153 g/mol. The molecule has 1 unspecified atom stereocenters. The summed E-state index contributed by atoms with van der Waals surface area (Å²) in [7, 11) is 0. The second-order valence-corrected chi connectivity index (χ2v) is 3.81. The van der Waals surface area contributed by atoms with Crippen LogP contribution in [0.3, 0.4) is 0 Å². The van der Waals surface area contributed by atoms with Gasteiger partial charge < -0.3 is 5.11 Å². The Kier molecular flexibility index (Phi) is 2.20. The molecule has 1 atom stereocenters. The van der Waals surface area contributed by atoms with Crippen molar-refractivity contribution in [3.63, 3.8) is 0 Å². The van der Waals surface area contributed by atoms with Crippen molar-refractivity contribution in [1.29, 1.82) is 5.26 Å². The zero-order valence-corrected chi connectivity index (χ0v) is 7.17. The normalized spacial score (nSPS) is 23.9. The van der Waals surface area contributed by atoms with E-state index in [1.54, 1.807) is 0 Å². The van der Waals surface area contributed by atoms with Gasteiger partial charge in [-0.25, -0.2) is 0 Å². The van der Waals surface area contributed by atoms with Crippen LogP contribution in [0.15, 0.2) is 0 Å². The highest BCUT2D eigenvalue weighted by atomic mass is 16.3. The number of hydrogen-bond donors (Lipinski definition) is 1. The van der Waals surface area contributed by atoms with E-state index in [4.69, 9.17) is 5.26 Å². The van der Waals surface area contributed by atoms with E-state index in [0.29, 0.717) is 0 Å². The summed E-state index contributed by atoms with van der Waals surface area (Å²) in [6.45, 7) is 3.92. The van der Waals surface area contributed by atoms with Crippen LogP contribution >= 0.6 is 0 Å². The highest BCUT2D eigenvalue weighted by Crippen LogP contribution is 2.45. The van der Waals surface area contributed by atoms with Gasteiger partial charge in [0, 0.05) is 0 Å². The molecule has 62 valence electrons. The lowest BCUT2D eigenvalue weighted by Gasteiger charge is -2.41. The van der Waals surface area contributed by atoms with E-state index >= 15 is 0 Å². The molecule has 0 aromatic carbocycles. The summed E-state index contributed by atoms with van der Waals surface area (Å²) in [5.74, 6) is 0.204. The Morgan fingerprint density at radius 1 is 1.45 bits per heavy atom. The molecule has 0 heterocycles. The van der Waals surface area contributed by atoms with E-state index in [1.807, 2.05) is 13.8 Å². The summed E-state index contributed by atoms with van der Waals surface area (Å²) in [5.41, 5.74) is -0.395. The minimum absolute atomic E-state index is 0.204. The zero-order valence-electron chi connectivity index (χ0n) is 7.17. The number of aliphatic hydroxyl groups excluding tert-OH is 1. The second kappa shape index (κ2) is 2.83. The molecule has 0 saturated heterocycles. The van der Waals surface area contributed by atoms with Crippen molar-refractivity contribution in [2.75, 3.05) is 0 Å². The number of nitrogens with zero attached hydrogens (tertiary/aromatic N) is 1. The van der Waals surface area contributed by atoms with Crippen molar-refractivity contribution in [2.24, 2.45) is 11.3 Å². The van der Waals surface area contributed by atoms with Crippen LogP contribution in [0.2, 0.25) is 0 Å². The molecule has 1 aliphatic rings. The lowest BCUT2D eigenvalue weighted by Crippen LogP contribution is -2.42. The van der Waals surface area contributed by atoms with Crippen LogP contribution < -0.4 is 0 Å². The highest BCUT2D eigenvalue weighted by molar-refractivity contribution is 5.09. The number of rotatable bonds is 2. The fourth-order valence-corrected chi connectivity index (χ4v) is 1.67. The fourth-order valence-electron chi connectivity index (χ4n) is 1.67. The topological polar surface area (TPSA) is 44.0 Å². The third-order valence-electron chi connectivity index (χ3n) is 2.67. The van der Waals surface area contributed by atoms with Crippen LogP contribution in [0.5, 0.6) is 0 Å². The van der Waals surface area contributed by atoms with E-state index < -0.39 is 11.5 Å². The Bertz CT molecular complexity index is 176. The Labute approximate surface area is 67.8 Å². The molecule has 0 aliphatic heterocycles. The van der Waals surface area contributed by atoms with Crippen LogP contribution in [0.4, 0.5) is 0 Å². The SMILES string of the molecule is CC(C)C(O)C1(C#N)CCC1. The summed E-state index contributed by atoms with van der Waals surface area (Å²) in [5, 5.41) is 18.5. The van der Waals surface area contributed by atoms with Gasteiger partial charge in [-0.1, -0.05) is 20.3 Å². The van der Waals surface area contributed by atoms with Crippen molar-refractivity contribution in [3.05, 3.63) is 0 Å². The van der Waals surface area contributed by atoms with Gasteiger partial charge in [0.25, 0.3) is 0 Å². The summed E-state index contributed by atoms with van der Waals surface area (Å²) < 4.78 is 0. The fraction of sp³-hybridized carbons (Fsp3) is 0.889. The highest BCUT2D eigenvalue weighted by Gasteiger charge is 2.44. The van der Waals surface area contributed by atoms with Crippen LogP contribution in [0.1, 0.15) is 33.1 Å². The first kappa shape index (κ1) is 8.55. The van der Waals surface area contributed by atoms with Crippen molar-refractivity contribution >= 4 is 0 Å². The smallest absolute Gasteiger partial charge is 0.0834 e. The van der Waals surface area contributed by atoms with Crippen LogP contribution in [-0.4, -0.2) is 11.2 Å². The van der Waals surface area contributed by atoms with Crippen molar-refractivity contribution in [2.45, 2.75) is 39.2 Å². The maximum atomic E-state index is 9.67. The van der Waals surface area contributed by atoms with Gasteiger partial charge in [-0.05, 0) is 18.8 Å². The molecule has 1 N–H and O–H groups in total. The molecular weight excluding hydrogens is 138 g/mol. The van der Waals surface area contributed by atoms with Crippen LogP contribution in [-0.2, 0) is 0 Å². The first-order chi connectivity index (χ1) is 5.12. The maximum Gasteiger partial charge on any atom is 0.0834 e. The van der Waals surface area contributed by atoms with Gasteiger partial charge in [0.2, 0.25) is 0 Å². The van der Waals surface area contributed by atoms with Crippen LogP contribution in [0, 0.1) is 22.7 Å². The van der Waals surface area contributed by atoms with Crippen molar-refractivity contribution in [1.82, 2.24) is 0 Å². The Morgan fingerprint density at radius 3 is 2.09 bits per heavy atom. The molecule has 1 aliphatic carbocycles. The lowest BCUT2D eigenvalue weighted by molar-refractivity contribution is -0.0208. The average molecular weight is 153 g/mol. The number of hydrogen-bond acceptors (Lipinski definition) is 2. The van der Waals surface area contributed by atoms with Gasteiger partial charge in [0.15, 0.2) is 0 Å². The van der Waals surface area contributed by atoms with E-state index in [2.05, 4.69) is 6.07 Å². The quantitative estimate of drug-likeness (QED) is 0.656. The predicted molar refractivity (Wildman–Crippen MR) is 42.7 cm³/mol. The van der Waals surface area contributed by atoms with E-state index in [1.165, 1.54) is 0 Å². The molecular formula is C9H15NO. The minimum Gasteiger partial charge on any atom is -0.391 e. The van der Waals surface area contributed by atoms with Crippen molar-refractivity contribution < 1.29 is 5.11 Å². The summed E-state index contributed by atoms with van der Waals surface area (Å²) >= 11 is 0. The van der Waals surface area contributed by atoms with Gasteiger partial charge in [-0.2, -0.15) is 5.26 Å². The first-order valence-corrected chi connectivity index (χ1v) is 4.22. The van der Waals surface area contributed by atoms with Gasteiger partial charge in [-0.3, -0.25) is 0 Å². The molecule has 11 heavy (non-hydrogen) atoms.